The summed E-state index contributed by atoms with van der Waals surface area (Å²) in [5, 5.41) is 4.92. The van der Waals surface area contributed by atoms with Gasteiger partial charge in [-0.2, -0.15) is 0 Å². The summed E-state index contributed by atoms with van der Waals surface area (Å²) in [6.07, 6.45) is 0. The lowest BCUT2D eigenvalue weighted by Gasteiger charge is -2.37. The molecule has 1 heteroatoms. The minimum atomic E-state index is -0.495. The van der Waals surface area contributed by atoms with Crippen LogP contribution in [0.1, 0.15) is 22.3 Å². The molecule has 0 unspecified atom stereocenters. The van der Waals surface area contributed by atoms with Gasteiger partial charge in [-0.15, -0.1) is 0 Å². The van der Waals surface area contributed by atoms with Crippen molar-refractivity contribution >= 4 is 32.6 Å². The van der Waals surface area contributed by atoms with Gasteiger partial charge in [0.2, 0.25) is 0 Å². The van der Waals surface area contributed by atoms with Crippen molar-refractivity contribution in [2.75, 3.05) is 0 Å². The Labute approximate surface area is 351 Å². The molecule has 10 aromatic carbocycles. The quantitative estimate of drug-likeness (QED) is 0.136. The summed E-state index contributed by atoms with van der Waals surface area (Å²) in [4.78, 5) is 0. The van der Waals surface area contributed by atoms with Crippen LogP contribution in [0.5, 0.6) is 0 Å². The van der Waals surface area contributed by atoms with Gasteiger partial charge < -0.3 is 4.57 Å². The largest absolute Gasteiger partial charge is 0.309 e. The molecule has 0 amide bonds. The molecule has 1 heterocycles. The molecule has 0 saturated carbocycles. The lowest BCUT2D eigenvalue weighted by atomic mass is 9.65. The van der Waals surface area contributed by atoms with Crippen LogP contribution in [0.2, 0.25) is 0 Å². The molecule has 0 saturated heterocycles. The van der Waals surface area contributed by atoms with E-state index in [9.17, 15) is 0 Å². The van der Waals surface area contributed by atoms with E-state index in [-0.39, 0.29) is 0 Å². The minimum absolute atomic E-state index is 0.495. The molecule has 0 radical (unpaired) electrons. The summed E-state index contributed by atoms with van der Waals surface area (Å²) in [5.41, 5.74) is 15.3. The van der Waals surface area contributed by atoms with Crippen LogP contribution in [0.4, 0.5) is 0 Å². The average molecular weight is 764 g/mol. The third-order valence-electron chi connectivity index (χ3n) is 12.4. The molecule has 0 N–H and O–H groups in total. The lowest BCUT2D eigenvalue weighted by Crippen LogP contribution is -2.30. The monoisotopic (exact) mass is 763 g/mol. The summed E-state index contributed by atoms with van der Waals surface area (Å²) in [6, 6.07) is 90.9. The molecule has 11 aromatic rings. The van der Waals surface area contributed by atoms with Crippen LogP contribution in [0.3, 0.4) is 0 Å². The van der Waals surface area contributed by atoms with Crippen molar-refractivity contribution in [3.8, 4) is 39.1 Å². The van der Waals surface area contributed by atoms with Crippen molar-refractivity contribution in [1.82, 2.24) is 4.57 Å². The molecule has 0 aliphatic rings. The Morgan fingerprint density at radius 2 is 0.650 bits per heavy atom. The van der Waals surface area contributed by atoms with E-state index < -0.39 is 5.41 Å². The summed E-state index contributed by atoms with van der Waals surface area (Å²) in [6.45, 7) is 0. The second-order valence-corrected chi connectivity index (χ2v) is 15.6. The minimum Gasteiger partial charge on any atom is -0.309 e. The maximum absolute atomic E-state index is 2.47. The summed E-state index contributed by atoms with van der Waals surface area (Å²) in [7, 11) is 0. The van der Waals surface area contributed by atoms with Crippen molar-refractivity contribution in [3.63, 3.8) is 0 Å². The third-order valence-corrected chi connectivity index (χ3v) is 12.4. The van der Waals surface area contributed by atoms with E-state index in [0.717, 1.165) is 0 Å². The highest BCUT2D eigenvalue weighted by molar-refractivity contribution is 6.13. The smallest absolute Gasteiger partial charge is 0.0701 e. The topological polar surface area (TPSA) is 4.93 Å². The maximum Gasteiger partial charge on any atom is 0.0701 e. The Morgan fingerprint density at radius 3 is 1.13 bits per heavy atom. The fourth-order valence-corrected chi connectivity index (χ4v) is 9.61. The van der Waals surface area contributed by atoms with E-state index in [2.05, 4.69) is 253 Å². The summed E-state index contributed by atoms with van der Waals surface area (Å²) < 4.78 is 2.47. The molecule has 0 spiro atoms. The second kappa shape index (κ2) is 14.9. The Bertz CT molecular complexity index is 3060. The molecule has 0 bridgehead atoms. The molecule has 1 aromatic heterocycles. The van der Waals surface area contributed by atoms with Gasteiger partial charge in [0.05, 0.1) is 22.1 Å². The Balaban J connectivity index is 1.08. The number of fused-ring (bicyclic) bond motifs is 4. The average Bonchev–Trinajstić information content (AvgIpc) is 3.66. The van der Waals surface area contributed by atoms with Crippen molar-refractivity contribution in [3.05, 3.63) is 271 Å². The fraction of sp³-hybridized carbons (Fsp3) is 0.0169. The predicted octanol–water partition coefficient (Wildman–Crippen LogP) is 15.3. The standard InChI is InChI=1S/C59H41N/c1-6-18-42(19-7-1)45-34-38-57-54(40-45)55-41-46(43-20-8-2-9-21-43)35-39-58(55)60(57)56-31-17-29-52-51(28-16-30-53(52)56)44-32-36-50(37-33-44)59(47-22-10-3-11-23-47,48-24-12-4-13-25-48)49-26-14-5-15-27-49/h1-41H. The van der Waals surface area contributed by atoms with Gasteiger partial charge in [-0.05, 0) is 91.4 Å². The SMILES string of the molecule is c1ccc(-c2ccc3c(c2)c2cc(-c4ccccc4)ccc2n3-c2cccc3c(-c4ccc(C(c5ccccc5)(c5ccccc5)c5ccccc5)cc4)cccc23)cc1. The zero-order valence-corrected chi connectivity index (χ0v) is 33.1. The van der Waals surface area contributed by atoms with Gasteiger partial charge in [0.1, 0.15) is 0 Å². The van der Waals surface area contributed by atoms with Crippen LogP contribution in [-0.4, -0.2) is 4.57 Å². The van der Waals surface area contributed by atoms with Crippen LogP contribution < -0.4 is 0 Å². The molecule has 0 atom stereocenters. The zero-order valence-electron chi connectivity index (χ0n) is 33.1. The highest BCUT2D eigenvalue weighted by Crippen LogP contribution is 2.46. The summed E-state index contributed by atoms with van der Waals surface area (Å²) >= 11 is 0. The van der Waals surface area contributed by atoms with Crippen LogP contribution in [0.25, 0.3) is 71.6 Å². The van der Waals surface area contributed by atoms with E-state index in [1.807, 2.05) is 0 Å². The van der Waals surface area contributed by atoms with Crippen molar-refractivity contribution < 1.29 is 0 Å². The van der Waals surface area contributed by atoms with Crippen LogP contribution >= 0.6 is 0 Å². The van der Waals surface area contributed by atoms with Gasteiger partial charge in [-0.1, -0.05) is 218 Å². The van der Waals surface area contributed by atoms with E-state index in [1.165, 1.54) is 93.9 Å². The molecule has 11 rings (SSSR count). The van der Waals surface area contributed by atoms with Crippen molar-refractivity contribution in [2.24, 2.45) is 0 Å². The van der Waals surface area contributed by atoms with E-state index in [4.69, 9.17) is 0 Å². The molecular weight excluding hydrogens is 723 g/mol. The number of rotatable bonds is 8. The van der Waals surface area contributed by atoms with E-state index in [1.54, 1.807) is 0 Å². The van der Waals surface area contributed by atoms with Gasteiger partial charge >= 0.3 is 0 Å². The number of aromatic nitrogens is 1. The van der Waals surface area contributed by atoms with E-state index in [0.29, 0.717) is 0 Å². The molecule has 0 fully saturated rings. The zero-order chi connectivity index (χ0) is 39.9. The first-order chi connectivity index (χ1) is 29.8. The highest BCUT2D eigenvalue weighted by Gasteiger charge is 2.38. The Kier molecular flexibility index (Phi) is 8.79. The van der Waals surface area contributed by atoms with Crippen LogP contribution in [-0.2, 0) is 5.41 Å². The highest BCUT2D eigenvalue weighted by atomic mass is 15.0. The van der Waals surface area contributed by atoms with Gasteiger partial charge in [-0.25, -0.2) is 0 Å². The van der Waals surface area contributed by atoms with Gasteiger partial charge in [0, 0.05) is 16.2 Å². The van der Waals surface area contributed by atoms with Gasteiger partial charge in [0.15, 0.2) is 0 Å². The lowest BCUT2D eigenvalue weighted by molar-refractivity contribution is 0.745. The molecule has 0 aliphatic carbocycles. The summed E-state index contributed by atoms with van der Waals surface area (Å²) in [5.74, 6) is 0. The number of hydrogen-bond acceptors (Lipinski definition) is 0. The number of benzene rings is 10. The maximum atomic E-state index is 2.47. The van der Waals surface area contributed by atoms with Crippen molar-refractivity contribution in [2.45, 2.75) is 5.41 Å². The van der Waals surface area contributed by atoms with Crippen molar-refractivity contribution in [1.29, 1.82) is 0 Å². The first-order valence-corrected chi connectivity index (χ1v) is 20.8. The normalized spacial score (nSPS) is 11.7. The first kappa shape index (κ1) is 35.4. The van der Waals surface area contributed by atoms with Crippen LogP contribution in [0.15, 0.2) is 249 Å². The Morgan fingerprint density at radius 1 is 0.250 bits per heavy atom. The fourth-order valence-electron chi connectivity index (χ4n) is 9.61. The first-order valence-electron chi connectivity index (χ1n) is 20.8. The van der Waals surface area contributed by atoms with E-state index >= 15 is 0 Å². The third kappa shape index (κ3) is 5.86. The molecule has 0 aliphatic heterocycles. The predicted molar refractivity (Wildman–Crippen MR) is 253 cm³/mol. The number of hydrogen-bond donors (Lipinski definition) is 0. The second-order valence-electron chi connectivity index (χ2n) is 15.6. The molecule has 60 heavy (non-hydrogen) atoms. The Hall–Kier alpha value is -7.74. The number of nitrogens with zero attached hydrogens (tertiary/aromatic N) is 1. The van der Waals surface area contributed by atoms with Gasteiger partial charge in [0.25, 0.3) is 0 Å². The molecular formula is C59H41N. The van der Waals surface area contributed by atoms with Gasteiger partial charge in [-0.3, -0.25) is 0 Å². The molecule has 282 valence electrons. The molecule has 1 nitrogen and oxygen atoms in total. The van der Waals surface area contributed by atoms with Crippen LogP contribution in [0, 0.1) is 0 Å².